The maximum absolute atomic E-state index is 11.0. The average molecular weight is 242 g/mol. The molecule has 1 atom stereocenters. The Bertz CT molecular complexity index is 596. The van der Waals surface area contributed by atoms with E-state index in [4.69, 9.17) is 9.84 Å². The number of methoxy groups -OCH3 is 1. The number of carboxylic acids is 1. The van der Waals surface area contributed by atoms with Gasteiger partial charge in [-0.1, -0.05) is 49.0 Å². The Kier molecular flexibility index (Phi) is 3.44. The van der Waals surface area contributed by atoms with E-state index in [1.165, 1.54) is 7.11 Å². The van der Waals surface area contributed by atoms with Crippen molar-refractivity contribution >= 4 is 16.7 Å². The van der Waals surface area contributed by atoms with Crippen LogP contribution in [0.3, 0.4) is 0 Å². The Balaban J connectivity index is 2.58. The van der Waals surface area contributed by atoms with Crippen molar-refractivity contribution in [3.63, 3.8) is 0 Å². The summed E-state index contributed by atoms with van der Waals surface area (Å²) in [6.45, 7) is 3.58. The fourth-order valence-electron chi connectivity index (χ4n) is 2.05. The van der Waals surface area contributed by atoms with Gasteiger partial charge in [-0.3, -0.25) is 0 Å². The normalized spacial score (nSPS) is 12.3. The molecule has 0 radical (unpaired) electrons. The van der Waals surface area contributed by atoms with Gasteiger partial charge in [0.05, 0.1) is 5.57 Å². The molecule has 92 valence electrons. The van der Waals surface area contributed by atoms with E-state index in [1.807, 2.05) is 42.5 Å². The molecule has 0 aliphatic heterocycles. The van der Waals surface area contributed by atoms with Crippen LogP contribution in [0.25, 0.3) is 10.8 Å². The molecule has 0 aromatic heterocycles. The number of hydrogen-bond acceptors (Lipinski definition) is 2. The van der Waals surface area contributed by atoms with Crippen LogP contribution in [0, 0.1) is 0 Å². The van der Waals surface area contributed by atoms with E-state index in [0.29, 0.717) is 0 Å². The van der Waals surface area contributed by atoms with E-state index < -0.39 is 12.1 Å². The summed E-state index contributed by atoms with van der Waals surface area (Å²) in [6, 6.07) is 13.5. The zero-order valence-corrected chi connectivity index (χ0v) is 10.1. The Morgan fingerprint density at radius 2 is 1.89 bits per heavy atom. The monoisotopic (exact) mass is 242 g/mol. The van der Waals surface area contributed by atoms with E-state index in [1.54, 1.807) is 0 Å². The van der Waals surface area contributed by atoms with Crippen molar-refractivity contribution in [3.8, 4) is 0 Å². The highest BCUT2D eigenvalue weighted by Crippen LogP contribution is 2.30. The average Bonchev–Trinajstić information content (AvgIpc) is 2.39. The maximum Gasteiger partial charge on any atom is 0.333 e. The molecule has 0 saturated heterocycles. The third-order valence-electron chi connectivity index (χ3n) is 2.93. The SMILES string of the molecule is C=C(C(=O)O)C(OC)c1cccc2ccccc12. The molecule has 0 heterocycles. The predicted octanol–water partition coefficient (Wildman–Crippen LogP) is 3.17. The van der Waals surface area contributed by atoms with E-state index in [9.17, 15) is 4.79 Å². The van der Waals surface area contributed by atoms with Gasteiger partial charge in [-0.25, -0.2) is 4.79 Å². The molecule has 3 nitrogen and oxygen atoms in total. The first-order valence-corrected chi connectivity index (χ1v) is 5.57. The number of hydrogen-bond donors (Lipinski definition) is 1. The molecule has 1 unspecified atom stereocenters. The van der Waals surface area contributed by atoms with Crippen LogP contribution in [-0.2, 0) is 9.53 Å². The summed E-state index contributed by atoms with van der Waals surface area (Å²) < 4.78 is 5.29. The molecule has 2 rings (SSSR count). The summed E-state index contributed by atoms with van der Waals surface area (Å²) >= 11 is 0. The minimum Gasteiger partial charge on any atom is -0.478 e. The molecular weight excluding hydrogens is 228 g/mol. The molecular formula is C15H14O3. The van der Waals surface area contributed by atoms with E-state index >= 15 is 0 Å². The minimum absolute atomic E-state index is 0.0360. The molecule has 18 heavy (non-hydrogen) atoms. The second-order valence-electron chi connectivity index (χ2n) is 4.01. The highest BCUT2D eigenvalue weighted by molar-refractivity contribution is 5.91. The Labute approximate surface area is 105 Å². The maximum atomic E-state index is 11.0. The van der Waals surface area contributed by atoms with Gasteiger partial charge in [0.2, 0.25) is 0 Å². The molecule has 2 aromatic carbocycles. The van der Waals surface area contributed by atoms with Crippen LogP contribution in [0.5, 0.6) is 0 Å². The number of rotatable bonds is 4. The van der Waals surface area contributed by atoms with Crippen molar-refractivity contribution in [2.75, 3.05) is 7.11 Å². The van der Waals surface area contributed by atoms with Gasteiger partial charge in [0.15, 0.2) is 0 Å². The van der Waals surface area contributed by atoms with Gasteiger partial charge >= 0.3 is 5.97 Å². The summed E-state index contributed by atoms with van der Waals surface area (Å²) in [5.74, 6) is -1.05. The van der Waals surface area contributed by atoms with Crippen LogP contribution in [0.4, 0.5) is 0 Å². The van der Waals surface area contributed by atoms with E-state index in [0.717, 1.165) is 16.3 Å². The van der Waals surface area contributed by atoms with Gasteiger partial charge in [0, 0.05) is 7.11 Å². The number of carbonyl (C=O) groups is 1. The van der Waals surface area contributed by atoms with Crippen molar-refractivity contribution in [3.05, 3.63) is 60.2 Å². The first-order valence-electron chi connectivity index (χ1n) is 5.57. The quantitative estimate of drug-likeness (QED) is 0.838. The van der Waals surface area contributed by atoms with E-state index in [2.05, 4.69) is 6.58 Å². The molecule has 3 heteroatoms. The highest BCUT2D eigenvalue weighted by atomic mass is 16.5. The van der Waals surface area contributed by atoms with Gasteiger partial charge < -0.3 is 9.84 Å². The van der Waals surface area contributed by atoms with E-state index in [-0.39, 0.29) is 5.57 Å². The molecule has 0 aliphatic rings. The molecule has 0 fully saturated rings. The van der Waals surface area contributed by atoms with Gasteiger partial charge in [-0.05, 0) is 16.3 Å². The first-order chi connectivity index (χ1) is 8.65. The molecule has 0 amide bonds. The smallest absolute Gasteiger partial charge is 0.333 e. The lowest BCUT2D eigenvalue weighted by atomic mass is 9.96. The van der Waals surface area contributed by atoms with Crippen molar-refractivity contribution in [1.82, 2.24) is 0 Å². The minimum atomic E-state index is -1.05. The van der Waals surface area contributed by atoms with Gasteiger partial charge in [-0.2, -0.15) is 0 Å². The lowest BCUT2D eigenvalue weighted by Gasteiger charge is -2.17. The van der Waals surface area contributed by atoms with Crippen molar-refractivity contribution < 1.29 is 14.6 Å². The fraction of sp³-hybridized carbons (Fsp3) is 0.133. The molecule has 0 bridgehead atoms. The van der Waals surface area contributed by atoms with Crippen LogP contribution in [0.15, 0.2) is 54.6 Å². The van der Waals surface area contributed by atoms with Crippen molar-refractivity contribution in [2.45, 2.75) is 6.10 Å². The second-order valence-corrected chi connectivity index (χ2v) is 4.01. The first kappa shape index (κ1) is 12.3. The van der Waals surface area contributed by atoms with Gasteiger partial charge in [0.1, 0.15) is 6.10 Å². The predicted molar refractivity (Wildman–Crippen MR) is 70.5 cm³/mol. The molecule has 0 saturated carbocycles. The van der Waals surface area contributed by atoms with Crippen LogP contribution >= 0.6 is 0 Å². The van der Waals surface area contributed by atoms with Crippen LogP contribution in [-0.4, -0.2) is 18.2 Å². The molecule has 1 N–H and O–H groups in total. The van der Waals surface area contributed by atoms with Gasteiger partial charge in [0.25, 0.3) is 0 Å². The largest absolute Gasteiger partial charge is 0.478 e. The van der Waals surface area contributed by atoms with Crippen LogP contribution < -0.4 is 0 Å². The number of fused-ring (bicyclic) bond motifs is 1. The summed E-state index contributed by atoms with van der Waals surface area (Å²) in [4.78, 5) is 11.0. The van der Waals surface area contributed by atoms with Gasteiger partial charge in [-0.15, -0.1) is 0 Å². The second kappa shape index (κ2) is 5.02. The zero-order chi connectivity index (χ0) is 13.1. The third-order valence-corrected chi connectivity index (χ3v) is 2.93. The van der Waals surface area contributed by atoms with Crippen LogP contribution in [0.2, 0.25) is 0 Å². The third kappa shape index (κ3) is 2.13. The molecule has 2 aromatic rings. The summed E-state index contributed by atoms with van der Waals surface area (Å²) in [5, 5.41) is 11.1. The highest BCUT2D eigenvalue weighted by Gasteiger charge is 2.21. The Hall–Kier alpha value is -2.13. The number of aliphatic carboxylic acids is 1. The summed E-state index contributed by atoms with van der Waals surface area (Å²) in [7, 11) is 1.49. The number of ether oxygens (including phenoxy) is 1. The summed E-state index contributed by atoms with van der Waals surface area (Å²) in [6.07, 6.45) is -0.631. The van der Waals surface area contributed by atoms with Crippen LogP contribution in [0.1, 0.15) is 11.7 Å². The lowest BCUT2D eigenvalue weighted by molar-refractivity contribution is -0.134. The zero-order valence-electron chi connectivity index (χ0n) is 10.1. The number of benzene rings is 2. The molecule has 0 spiro atoms. The lowest BCUT2D eigenvalue weighted by Crippen LogP contribution is -2.12. The van der Waals surface area contributed by atoms with Crippen molar-refractivity contribution in [2.24, 2.45) is 0 Å². The topological polar surface area (TPSA) is 46.5 Å². The summed E-state index contributed by atoms with van der Waals surface area (Å²) in [5.41, 5.74) is 0.858. The standard InChI is InChI=1S/C15H14O3/c1-10(15(16)17)14(18-2)13-9-5-7-11-6-3-4-8-12(11)13/h3-9,14H,1H2,2H3,(H,16,17). The fourth-order valence-corrected chi connectivity index (χ4v) is 2.05. The molecule has 0 aliphatic carbocycles. The number of carboxylic acid groups (broad SMARTS) is 1. The van der Waals surface area contributed by atoms with Crippen molar-refractivity contribution in [1.29, 1.82) is 0 Å². The Morgan fingerprint density at radius 3 is 2.56 bits per heavy atom. The Morgan fingerprint density at radius 1 is 1.22 bits per heavy atom.